The zero-order valence-electron chi connectivity index (χ0n) is 10.6. The van der Waals surface area contributed by atoms with E-state index in [0.29, 0.717) is 19.3 Å². The summed E-state index contributed by atoms with van der Waals surface area (Å²) in [5.41, 5.74) is 1.22. The summed E-state index contributed by atoms with van der Waals surface area (Å²) in [6, 6.07) is 2.46. The van der Waals surface area contributed by atoms with Gasteiger partial charge in [0.05, 0.1) is 13.2 Å². The molecule has 2 heterocycles. The van der Waals surface area contributed by atoms with E-state index < -0.39 is 0 Å². The minimum Gasteiger partial charge on any atom is -0.350 e. The van der Waals surface area contributed by atoms with Crippen molar-refractivity contribution in [2.45, 2.75) is 32.1 Å². The summed E-state index contributed by atoms with van der Waals surface area (Å²) in [5, 5.41) is 3.47. The van der Waals surface area contributed by atoms with Gasteiger partial charge in [-0.2, -0.15) is 0 Å². The van der Waals surface area contributed by atoms with E-state index in [9.17, 15) is 0 Å². The molecule has 2 rings (SSSR count). The molecule has 0 bridgehead atoms. The van der Waals surface area contributed by atoms with E-state index in [1.54, 1.807) is 6.20 Å². The van der Waals surface area contributed by atoms with Crippen LogP contribution in [0.15, 0.2) is 22.9 Å². The molecule has 1 aliphatic rings. The Morgan fingerprint density at radius 3 is 2.89 bits per heavy atom. The highest BCUT2D eigenvalue weighted by Crippen LogP contribution is 2.16. The fraction of sp³-hybridized carbons (Fsp3) is 0.615. The average Bonchev–Trinajstić information content (AvgIpc) is 2.82. The third-order valence-corrected chi connectivity index (χ3v) is 3.34. The molecule has 5 heteroatoms. The Labute approximate surface area is 116 Å². The fourth-order valence-corrected chi connectivity index (χ4v) is 2.57. The Kier molecular flexibility index (Phi) is 5.56. The fourth-order valence-electron chi connectivity index (χ4n) is 2.16. The van der Waals surface area contributed by atoms with Gasteiger partial charge in [-0.1, -0.05) is 6.92 Å². The number of rotatable bonds is 6. The van der Waals surface area contributed by atoms with Gasteiger partial charge in [0, 0.05) is 29.3 Å². The molecular formula is C13H19BrN2O2. The zero-order chi connectivity index (χ0) is 12.8. The number of halogens is 1. The number of ether oxygens (including phenoxy) is 2. The molecule has 0 spiro atoms. The highest BCUT2D eigenvalue weighted by atomic mass is 79.9. The largest absolute Gasteiger partial charge is 0.350 e. The number of nitrogens with one attached hydrogen (secondary N) is 1. The van der Waals surface area contributed by atoms with Crippen molar-refractivity contribution < 1.29 is 9.47 Å². The van der Waals surface area contributed by atoms with Crippen molar-refractivity contribution >= 4 is 15.9 Å². The quantitative estimate of drug-likeness (QED) is 0.873. The number of nitrogens with zero attached hydrogens (tertiary/aromatic N) is 1. The van der Waals surface area contributed by atoms with E-state index in [1.165, 1.54) is 5.56 Å². The number of pyridine rings is 1. The van der Waals surface area contributed by atoms with Crippen molar-refractivity contribution in [1.82, 2.24) is 10.3 Å². The summed E-state index contributed by atoms with van der Waals surface area (Å²) in [6.45, 7) is 4.48. The average molecular weight is 315 g/mol. The van der Waals surface area contributed by atoms with E-state index in [1.807, 2.05) is 6.20 Å². The molecule has 0 saturated carbocycles. The Morgan fingerprint density at radius 2 is 2.22 bits per heavy atom. The van der Waals surface area contributed by atoms with Crippen LogP contribution in [0.5, 0.6) is 0 Å². The van der Waals surface area contributed by atoms with Crippen LogP contribution < -0.4 is 5.32 Å². The summed E-state index contributed by atoms with van der Waals surface area (Å²) >= 11 is 3.45. The molecule has 1 saturated heterocycles. The van der Waals surface area contributed by atoms with Gasteiger partial charge in [0.15, 0.2) is 6.29 Å². The molecule has 100 valence electrons. The SMILES string of the molecule is CCNC(Cc1cncc(Br)c1)CC1OCCO1. The van der Waals surface area contributed by atoms with Gasteiger partial charge in [0.2, 0.25) is 0 Å². The van der Waals surface area contributed by atoms with Gasteiger partial charge in [-0.3, -0.25) is 4.98 Å². The molecule has 1 aliphatic heterocycles. The van der Waals surface area contributed by atoms with E-state index in [2.05, 4.69) is 39.2 Å². The van der Waals surface area contributed by atoms with E-state index in [-0.39, 0.29) is 6.29 Å². The monoisotopic (exact) mass is 314 g/mol. The zero-order valence-corrected chi connectivity index (χ0v) is 12.1. The molecule has 0 aliphatic carbocycles. The highest BCUT2D eigenvalue weighted by Gasteiger charge is 2.21. The second-order valence-electron chi connectivity index (χ2n) is 4.38. The van der Waals surface area contributed by atoms with Crippen LogP contribution in [0, 0.1) is 0 Å². The van der Waals surface area contributed by atoms with Gasteiger partial charge in [-0.25, -0.2) is 0 Å². The second kappa shape index (κ2) is 7.19. The van der Waals surface area contributed by atoms with Gasteiger partial charge in [0.1, 0.15) is 0 Å². The van der Waals surface area contributed by atoms with Gasteiger partial charge in [-0.05, 0) is 40.5 Å². The topological polar surface area (TPSA) is 43.4 Å². The Hall–Kier alpha value is -0.490. The van der Waals surface area contributed by atoms with Crippen LogP contribution in [-0.2, 0) is 15.9 Å². The van der Waals surface area contributed by atoms with Crippen molar-refractivity contribution in [3.8, 4) is 0 Å². The molecule has 1 N–H and O–H groups in total. The molecule has 0 amide bonds. The maximum atomic E-state index is 5.50. The molecule has 4 nitrogen and oxygen atoms in total. The predicted molar refractivity (Wildman–Crippen MR) is 73.4 cm³/mol. The van der Waals surface area contributed by atoms with E-state index in [0.717, 1.165) is 23.9 Å². The first-order chi connectivity index (χ1) is 8.78. The lowest BCUT2D eigenvalue weighted by atomic mass is 10.0. The highest BCUT2D eigenvalue weighted by molar-refractivity contribution is 9.10. The maximum Gasteiger partial charge on any atom is 0.159 e. The van der Waals surface area contributed by atoms with Crippen LogP contribution in [-0.4, -0.2) is 37.1 Å². The van der Waals surface area contributed by atoms with Crippen molar-refractivity contribution in [1.29, 1.82) is 0 Å². The van der Waals surface area contributed by atoms with Gasteiger partial charge in [-0.15, -0.1) is 0 Å². The Balaban J connectivity index is 1.92. The van der Waals surface area contributed by atoms with Crippen LogP contribution in [0.2, 0.25) is 0 Å². The first-order valence-electron chi connectivity index (χ1n) is 6.34. The number of hydrogen-bond donors (Lipinski definition) is 1. The third-order valence-electron chi connectivity index (χ3n) is 2.90. The van der Waals surface area contributed by atoms with Crippen LogP contribution >= 0.6 is 15.9 Å². The van der Waals surface area contributed by atoms with Crippen LogP contribution in [0.25, 0.3) is 0 Å². The maximum absolute atomic E-state index is 5.50. The summed E-state index contributed by atoms with van der Waals surface area (Å²) in [4.78, 5) is 4.19. The molecule has 1 unspecified atom stereocenters. The van der Waals surface area contributed by atoms with Crippen LogP contribution in [0.3, 0.4) is 0 Å². The molecule has 18 heavy (non-hydrogen) atoms. The molecule has 1 fully saturated rings. The van der Waals surface area contributed by atoms with Gasteiger partial charge < -0.3 is 14.8 Å². The minimum absolute atomic E-state index is 0.0610. The minimum atomic E-state index is -0.0610. The molecule has 1 atom stereocenters. The second-order valence-corrected chi connectivity index (χ2v) is 5.29. The van der Waals surface area contributed by atoms with Gasteiger partial charge in [0.25, 0.3) is 0 Å². The molecule has 0 aromatic carbocycles. The standard InChI is InChI=1S/C13H19BrN2O2/c1-2-16-12(7-13-17-3-4-18-13)6-10-5-11(14)9-15-8-10/h5,8-9,12-13,16H,2-4,6-7H2,1H3. The van der Waals surface area contributed by atoms with E-state index >= 15 is 0 Å². The van der Waals surface area contributed by atoms with Crippen molar-refractivity contribution in [3.05, 3.63) is 28.5 Å². The number of likely N-dealkylation sites (N-methyl/N-ethyl adjacent to an activating group) is 1. The summed E-state index contributed by atoms with van der Waals surface area (Å²) in [6.07, 6.45) is 5.46. The molecule has 1 aromatic heterocycles. The first-order valence-corrected chi connectivity index (χ1v) is 7.13. The molecule has 0 radical (unpaired) electrons. The summed E-state index contributed by atoms with van der Waals surface area (Å²) in [5.74, 6) is 0. The Morgan fingerprint density at radius 1 is 1.44 bits per heavy atom. The Bertz CT molecular complexity index is 370. The number of aromatic nitrogens is 1. The van der Waals surface area contributed by atoms with Crippen molar-refractivity contribution in [3.63, 3.8) is 0 Å². The third kappa shape index (κ3) is 4.31. The predicted octanol–water partition coefficient (Wildman–Crippen LogP) is 2.13. The summed E-state index contributed by atoms with van der Waals surface area (Å²) < 4.78 is 12.0. The number of hydrogen-bond acceptors (Lipinski definition) is 4. The normalized spacial score (nSPS) is 18.1. The summed E-state index contributed by atoms with van der Waals surface area (Å²) in [7, 11) is 0. The van der Waals surface area contributed by atoms with Crippen LogP contribution in [0.4, 0.5) is 0 Å². The van der Waals surface area contributed by atoms with Crippen molar-refractivity contribution in [2.75, 3.05) is 19.8 Å². The van der Waals surface area contributed by atoms with Gasteiger partial charge >= 0.3 is 0 Å². The lowest BCUT2D eigenvalue weighted by molar-refractivity contribution is -0.0525. The van der Waals surface area contributed by atoms with Crippen molar-refractivity contribution in [2.24, 2.45) is 0 Å². The van der Waals surface area contributed by atoms with E-state index in [4.69, 9.17) is 9.47 Å². The lowest BCUT2D eigenvalue weighted by Crippen LogP contribution is -2.34. The first kappa shape index (κ1) is 13.9. The molecular weight excluding hydrogens is 296 g/mol. The smallest absolute Gasteiger partial charge is 0.159 e. The lowest BCUT2D eigenvalue weighted by Gasteiger charge is -2.20. The molecule has 1 aromatic rings. The van der Waals surface area contributed by atoms with Crippen LogP contribution in [0.1, 0.15) is 18.9 Å².